The Balaban J connectivity index is 1.83. The molecular weight excluding hydrogens is 325 g/mol. The Morgan fingerprint density at radius 3 is 2.50 bits per heavy atom. The van der Waals surface area contributed by atoms with Gasteiger partial charge in [0.1, 0.15) is 6.61 Å². The molecule has 132 valence electrons. The lowest BCUT2D eigenvalue weighted by Gasteiger charge is -2.39. The first kappa shape index (κ1) is 18.4. The number of likely N-dealkylation sites (tertiary alicyclic amines) is 1. The number of hydrogen-bond acceptors (Lipinski definition) is 5. The molecule has 1 N–H and O–H groups in total. The molecule has 1 saturated heterocycles. The Kier molecular flexibility index (Phi) is 5.57. The number of aliphatic hydroxyl groups is 1. The van der Waals surface area contributed by atoms with Crippen LogP contribution in [0.5, 0.6) is 11.5 Å². The SMILES string of the molecule is COc1cc(C#N)ccc1OCCN1CCC(O)(C(F)(F)F)CC1. The molecule has 0 radical (unpaired) electrons. The first-order valence-corrected chi connectivity index (χ1v) is 7.51. The van der Waals surface area contributed by atoms with Crippen LogP contribution in [0.25, 0.3) is 0 Å². The molecule has 1 heterocycles. The van der Waals surface area contributed by atoms with Gasteiger partial charge in [-0.3, -0.25) is 4.90 Å². The molecule has 24 heavy (non-hydrogen) atoms. The molecule has 8 heteroatoms. The smallest absolute Gasteiger partial charge is 0.417 e. The van der Waals surface area contributed by atoms with Crippen molar-refractivity contribution < 1.29 is 27.8 Å². The zero-order valence-electron chi connectivity index (χ0n) is 13.3. The highest BCUT2D eigenvalue weighted by molar-refractivity contribution is 5.46. The molecule has 0 unspecified atom stereocenters. The average Bonchev–Trinajstić information content (AvgIpc) is 2.56. The first-order chi connectivity index (χ1) is 11.3. The van der Waals surface area contributed by atoms with E-state index in [-0.39, 0.29) is 32.5 Å². The van der Waals surface area contributed by atoms with Crippen molar-refractivity contribution in [3.63, 3.8) is 0 Å². The number of halogens is 3. The van der Waals surface area contributed by atoms with Gasteiger partial charge in [-0.2, -0.15) is 18.4 Å². The van der Waals surface area contributed by atoms with Crippen LogP contribution in [-0.2, 0) is 0 Å². The van der Waals surface area contributed by atoms with Crippen molar-refractivity contribution in [1.29, 1.82) is 5.26 Å². The summed E-state index contributed by atoms with van der Waals surface area (Å²) in [5.74, 6) is 0.902. The number of nitrogens with zero attached hydrogens (tertiary/aromatic N) is 2. The second kappa shape index (κ2) is 7.28. The van der Waals surface area contributed by atoms with Gasteiger partial charge < -0.3 is 14.6 Å². The van der Waals surface area contributed by atoms with Crippen LogP contribution in [0.15, 0.2) is 18.2 Å². The number of alkyl halides is 3. The monoisotopic (exact) mass is 344 g/mol. The Labute approximate surface area is 138 Å². The summed E-state index contributed by atoms with van der Waals surface area (Å²) in [5, 5.41) is 18.5. The Hall–Kier alpha value is -1.98. The minimum absolute atomic E-state index is 0.157. The lowest BCUT2D eigenvalue weighted by atomic mass is 9.91. The van der Waals surface area contributed by atoms with Gasteiger partial charge in [-0.25, -0.2) is 0 Å². The van der Waals surface area contributed by atoms with Crippen molar-refractivity contribution in [3.8, 4) is 17.6 Å². The van der Waals surface area contributed by atoms with E-state index in [4.69, 9.17) is 14.7 Å². The van der Waals surface area contributed by atoms with Crippen molar-refractivity contribution in [2.24, 2.45) is 0 Å². The topological polar surface area (TPSA) is 65.7 Å². The normalized spacial score (nSPS) is 18.0. The quantitative estimate of drug-likeness (QED) is 0.888. The number of hydrogen-bond donors (Lipinski definition) is 1. The van der Waals surface area contributed by atoms with Crippen molar-refractivity contribution in [1.82, 2.24) is 4.90 Å². The van der Waals surface area contributed by atoms with Gasteiger partial charge in [0.05, 0.1) is 18.7 Å². The van der Waals surface area contributed by atoms with E-state index in [1.54, 1.807) is 18.2 Å². The molecule has 0 aromatic heterocycles. The number of benzene rings is 1. The molecular formula is C16H19F3N2O3. The molecule has 0 amide bonds. The van der Waals surface area contributed by atoms with Crippen LogP contribution < -0.4 is 9.47 Å². The van der Waals surface area contributed by atoms with Crippen LogP contribution in [0.1, 0.15) is 18.4 Å². The zero-order chi connectivity index (χ0) is 17.8. The summed E-state index contributed by atoms with van der Waals surface area (Å²) < 4.78 is 49.0. The van der Waals surface area contributed by atoms with Crippen molar-refractivity contribution in [3.05, 3.63) is 23.8 Å². The van der Waals surface area contributed by atoms with Crippen LogP contribution in [0.2, 0.25) is 0 Å². The van der Waals surface area contributed by atoms with Gasteiger partial charge in [0.15, 0.2) is 17.1 Å². The van der Waals surface area contributed by atoms with E-state index in [0.29, 0.717) is 23.6 Å². The molecule has 0 saturated carbocycles. The highest BCUT2D eigenvalue weighted by Crippen LogP contribution is 2.38. The molecule has 0 aliphatic carbocycles. The molecule has 1 fully saturated rings. The summed E-state index contributed by atoms with van der Waals surface area (Å²) in [4.78, 5) is 1.82. The maximum absolute atomic E-state index is 12.7. The predicted molar refractivity (Wildman–Crippen MR) is 79.9 cm³/mol. The van der Waals surface area contributed by atoms with Crippen molar-refractivity contribution in [2.45, 2.75) is 24.6 Å². The number of piperidine rings is 1. The fraction of sp³-hybridized carbons (Fsp3) is 0.562. The molecule has 1 aliphatic heterocycles. The van der Waals surface area contributed by atoms with E-state index in [0.717, 1.165) is 0 Å². The number of ether oxygens (including phenoxy) is 2. The van der Waals surface area contributed by atoms with Gasteiger partial charge in [0.25, 0.3) is 0 Å². The standard InChI is InChI=1S/C16H19F3N2O3/c1-23-14-10-12(11-20)2-3-13(14)24-9-8-21-6-4-15(22,5-7-21)16(17,18)19/h2-3,10,22H,4-9H2,1H3. The lowest BCUT2D eigenvalue weighted by molar-refractivity contribution is -0.272. The third-order valence-corrected chi connectivity index (χ3v) is 4.17. The van der Waals surface area contributed by atoms with Crippen LogP contribution in [-0.4, -0.2) is 55.1 Å². The van der Waals surface area contributed by atoms with Gasteiger partial charge in [-0.15, -0.1) is 0 Å². The third-order valence-electron chi connectivity index (χ3n) is 4.17. The Morgan fingerprint density at radius 2 is 1.96 bits per heavy atom. The van der Waals surface area contributed by atoms with Gasteiger partial charge in [0, 0.05) is 25.7 Å². The molecule has 0 spiro atoms. The molecule has 1 aromatic rings. The summed E-state index contributed by atoms with van der Waals surface area (Å²) in [6.07, 6.45) is -5.27. The van der Waals surface area contributed by atoms with Crippen LogP contribution in [0, 0.1) is 11.3 Å². The summed E-state index contributed by atoms with van der Waals surface area (Å²) in [6, 6.07) is 6.77. The highest BCUT2D eigenvalue weighted by Gasteiger charge is 2.54. The fourth-order valence-electron chi connectivity index (χ4n) is 2.57. The molecule has 1 aromatic carbocycles. The van der Waals surface area contributed by atoms with Gasteiger partial charge in [0.2, 0.25) is 0 Å². The second-order valence-electron chi connectivity index (χ2n) is 5.70. The Morgan fingerprint density at radius 1 is 1.29 bits per heavy atom. The van der Waals surface area contributed by atoms with E-state index in [1.165, 1.54) is 7.11 Å². The van der Waals surface area contributed by atoms with Crippen molar-refractivity contribution >= 4 is 0 Å². The number of rotatable bonds is 5. The first-order valence-electron chi connectivity index (χ1n) is 7.51. The third kappa shape index (κ3) is 4.10. The van der Waals surface area contributed by atoms with E-state index < -0.39 is 11.8 Å². The van der Waals surface area contributed by atoms with Gasteiger partial charge in [-0.1, -0.05) is 0 Å². The number of methoxy groups -OCH3 is 1. The fourth-order valence-corrected chi connectivity index (χ4v) is 2.57. The van der Waals surface area contributed by atoms with Crippen LogP contribution >= 0.6 is 0 Å². The lowest BCUT2D eigenvalue weighted by Crippen LogP contribution is -2.53. The minimum Gasteiger partial charge on any atom is -0.493 e. The summed E-state index contributed by atoms with van der Waals surface area (Å²) >= 11 is 0. The molecule has 0 bridgehead atoms. The highest BCUT2D eigenvalue weighted by atomic mass is 19.4. The van der Waals surface area contributed by atoms with E-state index in [2.05, 4.69) is 0 Å². The van der Waals surface area contributed by atoms with E-state index >= 15 is 0 Å². The molecule has 0 atom stereocenters. The molecule has 2 rings (SSSR count). The van der Waals surface area contributed by atoms with Crippen LogP contribution in [0.4, 0.5) is 13.2 Å². The molecule has 1 aliphatic rings. The largest absolute Gasteiger partial charge is 0.493 e. The zero-order valence-corrected chi connectivity index (χ0v) is 13.3. The second-order valence-corrected chi connectivity index (χ2v) is 5.70. The molecule has 5 nitrogen and oxygen atoms in total. The predicted octanol–water partition coefficient (Wildman–Crippen LogP) is 2.33. The van der Waals surface area contributed by atoms with E-state index in [1.807, 2.05) is 11.0 Å². The summed E-state index contributed by atoms with van der Waals surface area (Å²) in [7, 11) is 1.46. The van der Waals surface area contributed by atoms with Crippen molar-refractivity contribution in [2.75, 3.05) is 33.4 Å². The van der Waals surface area contributed by atoms with E-state index in [9.17, 15) is 18.3 Å². The minimum atomic E-state index is -4.59. The van der Waals surface area contributed by atoms with Gasteiger partial charge >= 0.3 is 6.18 Å². The summed E-state index contributed by atoms with van der Waals surface area (Å²) in [5.41, 5.74) is -2.14. The maximum Gasteiger partial charge on any atom is 0.417 e. The Bertz CT molecular complexity index is 606. The number of nitriles is 1. The van der Waals surface area contributed by atoms with Crippen LogP contribution in [0.3, 0.4) is 0 Å². The average molecular weight is 344 g/mol. The summed E-state index contributed by atoms with van der Waals surface area (Å²) in [6.45, 7) is 1.03. The van der Waals surface area contributed by atoms with Gasteiger partial charge in [-0.05, 0) is 25.0 Å². The maximum atomic E-state index is 12.7.